The van der Waals surface area contributed by atoms with Gasteiger partial charge >= 0.3 is 23.9 Å². The number of hydrogen-bond acceptors (Lipinski definition) is 16. The molecule has 4 amide bonds. The summed E-state index contributed by atoms with van der Waals surface area (Å²) >= 11 is 0. The lowest BCUT2D eigenvalue weighted by atomic mass is 10.0. The van der Waals surface area contributed by atoms with Gasteiger partial charge in [0.2, 0.25) is 23.6 Å². The lowest BCUT2D eigenvalue weighted by molar-refractivity contribution is -0.160. The first kappa shape index (κ1) is 68.6. The van der Waals surface area contributed by atoms with Crippen molar-refractivity contribution in [1.29, 1.82) is 0 Å². The summed E-state index contributed by atoms with van der Waals surface area (Å²) in [5.41, 5.74) is -2.12. The summed E-state index contributed by atoms with van der Waals surface area (Å²) < 4.78 is 42.0. The Morgan fingerprint density at radius 1 is 0.370 bits per heavy atom. The minimum Gasteiger partial charge on any atom is -0.467 e. The Balaban J connectivity index is 4.59. The second kappa shape index (κ2) is 40.9. The third-order valence-electron chi connectivity index (χ3n) is 10.4. The number of ether oxygens (including phenoxy) is 8. The molecule has 0 heterocycles. The zero-order valence-corrected chi connectivity index (χ0v) is 46.4. The Morgan fingerprint density at radius 3 is 1.15 bits per heavy atom. The molecule has 0 aliphatic carbocycles. The molecule has 424 valence electrons. The quantitative estimate of drug-likeness (QED) is 0.0299. The first-order chi connectivity index (χ1) is 34.4. The van der Waals surface area contributed by atoms with Gasteiger partial charge in [-0.3, -0.25) is 24.0 Å². The van der Waals surface area contributed by atoms with E-state index in [1.165, 1.54) is 45.6 Å². The fourth-order valence-corrected chi connectivity index (χ4v) is 6.88. The van der Waals surface area contributed by atoms with Crippen LogP contribution in [0.1, 0.15) is 191 Å². The van der Waals surface area contributed by atoms with Gasteiger partial charge < -0.3 is 59.2 Å². The zero-order chi connectivity index (χ0) is 55.0. The number of unbranched alkanes of at least 4 members (excludes halogenated alkanes) is 13. The highest BCUT2D eigenvalue weighted by atomic mass is 16.6. The van der Waals surface area contributed by atoms with Crippen LogP contribution in [0.5, 0.6) is 0 Å². The molecular formula is C53H96N4O16. The van der Waals surface area contributed by atoms with E-state index < -0.39 is 52.7 Å². The molecule has 0 aliphatic heterocycles. The van der Waals surface area contributed by atoms with Crippen molar-refractivity contribution >= 4 is 47.5 Å². The normalized spacial score (nSPS) is 12.5. The Labute approximate surface area is 436 Å². The smallest absolute Gasteiger partial charge is 0.331 e. The third kappa shape index (κ3) is 45.9. The van der Waals surface area contributed by atoms with Crippen LogP contribution in [0.15, 0.2) is 0 Å². The summed E-state index contributed by atoms with van der Waals surface area (Å²) in [6, 6.07) is -2.24. The van der Waals surface area contributed by atoms with Crippen LogP contribution in [0.3, 0.4) is 0 Å². The second-order valence-electron chi connectivity index (χ2n) is 21.0. The van der Waals surface area contributed by atoms with Crippen molar-refractivity contribution in [2.24, 2.45) is 0 Å². The Hall–Kier alpha value is -4.40. The number of nitrogens with one attached hydrogen (secondary N) is 4. The molecule has 2 atom stereocenters. The minimum absolute atomic E-state index is 0.0605. The van der Waals surface area contributed by atoms with Crippen molar-refractivity contribution in [3.63, 3.8) is 0 Å². The predicted octanol–water partition coefficient (Wildman–Crippen LogP) is 6.25. The van der Waals surface area contributed by atoms with E-state index in [0.29, 0.717) is 12.8 Å². The van der Waals surface area contributed by atoms with Crippen LogP contribution in [-0.4, -0.2) is 149 Å². The fourth-order valence-electron chi connectivity index (χ4n) is 6.88. The van der Waals surface area contributed by atoms with Gasteiger partial charge in [0.1, 0.15) is 42.1 Å². The van der Waals surface area contributed by atoms with Crippen LogP contribution in [0.25, 0.3) is 0 Å². The number of hydrogen-bond donors (Lipinski definition) is 4. The van der Waals surface area contributed by atoms with Crippen LogP contribution < -0.4 is 21.3 Å². The molecule has 0 fully saturated rings. The SMILES string of the molecule is COC(=O)COCCOCCNC(=O)COCCOCCNC(=O)CC[C@@H](NC(=O)CC[C@@H](NC(=O)CCCCCCCCCCCCCCCCC(=O)OC(C)(C)C)C(=O)OC(C)(C)C)C(=O)OC(C)(C)C. The maximum atomic E-state index is 13.3. The van der Waals surface area contributed by atoms with Crippen molar-refractivity contribution in [1.82, 2.24) is 21.3 Å². The average Bonchev–Trinajstić information content (AvgIpc) is 3.28. The summed E-state index contributed by atoms with van der Waals surface area (Å²) in [5, 5.41) is 10.8. The topological polar surface area (TPSA) is 259 Å². The van der Waals surface area contributed by atoms with E-state index in [1.807, 2.05) is 20.8 Å². The Bertz CT molecular complexity index is 1570. The fraction of sp³-hybridized carbons (Fsp3) is 0.849. The highest BCUT2D eigenvalue weighted by molar-refractivity contribution is 5.87. The van der Waals surface area contributed by atoms with E-state index in [0.717, 1.165) is 44.9 Å². The highest BCUT2D eigenvalue weighted by Gasteiger charge is 2.30. The van der Waals surface area contributed by atoms with Crippen LogP contribution >= 0.6 is 0 Å². The summed E-state index contributed by atoms with van der Waals surface area (Å²) in [6.45, 7) is 17.2. The molecule has 0 aromatic carbocycles. The van der Waals surface area contributed by atoms with Crippen molar-refractivity contribution in [3.8, 4) is 0 Å². The predicted molar refractivity (Wildman–Crippen MR) is 275 cm³/mol. The molecule has 0 aromatic rings. The Kier molecular flexibility index (Phi) is 38.5. The van der Waals surface area contributed by atoms with E-state index in [9.17, 15) is 38.4 Å². The average molecular weight is 1050 g/mol. The number of carbonyl (C=O) groups is 8. The van der Waals surface area contributed by atoms with E-state index in [2.05, 4.69) is 26.0 Å². The molecule has 0 aromatic heterocycles. The van der Waals surface area contributed by atoms with Crippen molar-refractivity contribution in [2.75, 3.05) is 73.1 Å². The van der Waals surface area contributed by atoms with Gasteiger partial charge in [-0.1, -0.05) is 77.0 Å². The van der Waals surface area contributed by atoms with Crippen LogP contribution in [0.4, 0.5) is 0 Å². The molecule has 0 unspecified atom stereocenters. The lowest BCUT2D eigenvalue weighted by Crippen LogP contribution is -2.47. The number of carbonyl (C=O) groups excluding carboxylic acids is 8. The zero-order valence-electron chi connectivity index (χ0n) is 46.4. The van der Waals surface area contributed by atoms with Gasteiger partial charge in [0.05, 0.1) is 46.8 Å². The number of methoxy groups -OCH3 is 1. The second-order valence-corrected chi connectivity index (χ2v) is 21.0. The molecule has 0 saturated heterocycles. The first-order valence-corrected chi connectivity index (χ1v) is 26.6. The molecule has 20 heteroatoms. The molecule has 0 bridgehead atoms. The first-order valence-electron chi connectivity index (χ1n) is 26.6. The molecular weight excluding hydrogens is 949 g/mol. The number of rotatable bonds is 43. The van der Waals surface area contributed by atoms with Crippen LogP contribution in [-0.2, 0) is 76.3 Å². The Morgan fingerprint density at radius 2 is 0.726 bits per heavy atom. The largest absolute Gasteiger partial charge is 0.467 e. The lowest BCUT2D eigenvalue weighted by Gasteiger charge is -2.26. The molecule has 4 N–H and O–H groups in total. The summed E-state index contributed by atoms with van der Waals surface area (Å²) in [5.74, 6) is -3.57. The van der Waals surface area contributed by atoms with Gasteiger partial charge in [-0.15, -0.1) is 0 Å². The summed E-state index contributed by atoms with van der Waals surface area (Å²) in [4.78, 5) is 100.0. The maximum Gasteiger partial charge on any atom is 0.331 e. The molecule has 0 saturated carbocycles. The van der Waals surface area contributed by atoms with E-state index >= 15 is 0 Å². The van der Waals surface area contributed by atoms with E-state index in [1.54, 1.807) is 41.5 Å². The van der Waals surface area contributed by atoms with Gasteiger partial charge in [0.25, 0.3) is 0 Å². The molecule has 0 radical (unpaired) electrons. The third-order valence-corrected chi connectivity index (χ3v) is 10.4. The molecule has 0 rings (SSSR count). The van der Waals surface area contributed by atoms with Crippen molar-refractivity contribution < 1.29 is 76.3 Å². The molecule has 0 spiro atoms. The van der Waals surface area contributed by atoms with Gasteiger partial charge in [-0.25, -0.2) is 14.4 Å². The van der Waals surface area contributed by atoms with Crippen LogP contribution in [0.2, 0.25) is 0 Å². The molecule has 73 heavy (non-hydrogen) atoms. The van der Waals surface area contributed by atoms with E-state index in [-0.39, 0.29) is 122 Å². The number of esters is 4. The monoisotopic (exact) mass is 1040 g/mol. The van der Waals surface area contributed by atoms with Gasteiger partial charge in [-0.2, -0.15) is 0 Å². The van der Waals surface area contributed by atoms with Gasteiger partial charge in [0.15, 0.2) is 0 Å². The minimum atomic E-state index is -1.16. The van der Waals surface area contributed by atoms with Gasteiger partial charge in [-0.05, 0) is 88.0 Å². The number of amides is 4. The molecule has 0 aliphatic rings. The molecule has 20 nitrogen and oxygen atoms in total. The van der Waals surface area contributed by atoms with Crippen LogP contribution in [0, 0.1) is 0 Å². The van der Waals surface area contributed by atoms with Gasteiger partial charge in [0, 0.05) is 38.8 Å². The summed E-state index contributed by atoms with van der Waals surface area (Å²) in [7, 11) is 1.27. The van der Waals surface area contributed by atoms with Crippen molar-refractivity contribution in [3.05, 3.63) is 0 Å². The maximum absolute atomic E-state index is 13.3. The summed E-state index contributed by atoms with van der Waals surface area (Å²) in [6.07, 6.45) is 15.5. The van der Waals surface area contributed by atoms with E-state index in [4.69, 9.17) is 33.2 Å². The standard InChI is InChI=1S/C53H96N4O16/c1-51(2,3)71-47(62)26-24-22-20-18-16-14-12-11-13-15-17-19-21-23-25-44(59)56-42(50(65)73-53(7,8)9)28-30-45(60)57-41(49(64)72-52(4,5)6)27-29-43(58)54-31-33-67-35-37-69-39-46(61)55-32-34-68-36-38-70-40-48(63)66-10/h41-42H,11-40H2,1-10H3,(H,54,58)(H,55,61)(H,56,59)(H,57,60)/t41-,42-/m1/s1. The highest BCUT2D eigenvalue weighted by Crippen LogP contribution is 2.17. The van der Waals surface area contributed by atoms with Crippen molar-refractivity contribution in [2.45, 2.75) is 220 Å².